The lowest BCUT2D eigenvalue weighted by Crippen LogP contribution is -2.51. The highest BCUT2D eigenvalue weighted by Crippen LogP contribution is 2.50. The van der Waals surface area contributed by atoms with Crippen molar-refractivity contribution in [3.05, 3.63) is 0 Å². The fraction of sp³-hybridized carbons (Fsp3) is 1.00. The highest BCUT2D eigenvalue weighted by atomic mass is 16.5. The van der Waals surface area contributed by atoms with Crippen LogP contribution < -0.4 is 0 Å². The Labute approximate surface area is 137 Å². The first-order valence-corrected chi connectivity index (χ1v) is 9.79. The summed E-state index contributed by atoms with van der Waals surface area (Å²) in [6.07, 6.45) is 10.3. The summed E-state index contributed by atoms with van der Waals surface area (Å²) in [6, 6.07) is 0. The van der Waals surface area contributed by atoms with Gasteiger partial charge >= 0.3 is 0 Å². The van der Waals surface area contributed by atoms with E-state index in [0.717, 1.165) is 12.5 Å². The van der Waals surface area contributed by atoms with Crippen LogP contribution in [-0.2, 0) is 4.74 Å². The van der Waals surface area contributed by atoms with Crippen LogP contribution >= 0.6 is 0 Å². The van der Waals surface area contributed by atoms with Gasteiger partial charge in [0.25, 0.3) is 0 Å². The third-order valence-corrected chi connectivity index (χ3v) is 6.40. The van der Waals surface area contributed by atoms with Crippen LogP contribution in [0, 0.1) is 11.3 Å². The fourth-order valence-electron chi connectivity index (χ4n) is 4.95. The first-order chi connectivity index (χ1) is 10.7. The molecule has 3 heteroatoms. The standard InChI is InChI=1S/C19H36N2O/c1-3-9-20-10-5-17(6-11-20)16-21-12-7-19(8-13-21)14-18(15-19)22-4-2/h17-18H,3-16H2,1-2H3. The molecule has 0 amide bonds. The highest BCUT2D eigenvalue weighted by Gasteiger charge is 2.46. The molecule has 0 radical (unpaired) electrons. The molecule has 3 aliphatic rings. The largest absolute Gasteiger partial charge is 0.378 e. The molecule has 1 saturated carbocycles. The Balaban J connectivity index is 1.33. The van der Waals surface area contributed by atoms with E-state index < -0.39 is 0 Å². The Morgan fingerprint density at radius 3 is 2.23 bits per heavy atom. The first-order valence-electron chi connectivity index (χ1n) is 9.79. The Hall–Kier alpha value is -0.120. The molecular formula is C19H36N2O. The molecular weight excluding hydrogens is 272 g/mol. The lowest BCUT2D eigenvalue weighted by Gasteiger charge is -2.52. The van der Waals surface area contributed by atoms with E-state index in [1.165, 1.54) is 84.2 Å². The minimum Gasteiger partial charge on any atom is -0.378 e. The summed E-state index contributed by atoms with van der Waals surface area (Å²) in [7, 11) is 0. The van der Waals surface area contributed by atoms with Crippen LogP contribution in [0.5, 0.6) is 0 Å². The molecule has 3 nitrogen and oxygen atoms in total. The Bertz CT molecular complexity index is 322. The molecule has 128 valence electrons. The maximum Gasteiger partial charge on any atom is 0.0585 e. The monoisotopic (exact) mass is 308 g/mol. The van der Waals surface area contributed by atoms with Crippen molar-refractivity contribution in [1.29, 1.82) is 0 Å². The molecule has 0 aromatic rings. The molecule has 0 aromatic heterocycles. The summed E-state index contributed by atoms with van der Waals surface area (Å²) in [5, 5.41) is 0. The van der Waals surface area contributed by atoms with Crippen LogP contribution in [0.1, 0.15) is 58.8 Å². The van der Waals surface area contributed by atoms with Gasteiger partial charge in [-0.15, -0.1) is 0 Å². The summed E-state index contributed by atoms with van der Waals surface area (Å²) in [5.41, 5.74) is 0.667. The molecule has 3 fully saturated rings. The normalized spacial score (nSPS) is 28.1. The summed E-state index contributed by atoms with van der Waals surface area (Å²) in [5.74, 6) is 0.958. The van der Waals surface area contributed by atoms with Gasteiger partial charge in [-0.25, -0.2) is 0 Å². The second kappa shape index (κ2) is 7.63. The Morgan fingerprint density at radius 1 is 0.955 bits per heavy atom. The van der Waals surface area contributed by atoms with Crippen molar-refractivity contribution in [3.8, 4) is 0 Å². The highest BCUT2D eigenvalue weighted by molar-refractivity contribution is 4.98. The topological polar surface area (TPSA) is 15.7 Å². The van der Waals surface area contributed by atoms with E-state index in [0.29, 0.717) is 11.5 Å². The van der Waals surface area contributed by atoms with Crippen molar-refractivity contribution < 1.29 is 4.74 Å². The molecule has 1 aliphatic carbocycles. The predicted octanol–water partition coefficient (Wildman–Crippen LogP) is 3.39. The van der Waals surface area contributed by atoms with Crippen LogP contribution in [0.15, 0.2) is 0 Å². The van der Waals surface area contributed by atoms with E-state index in [9.17, 15) is 0 Å². The van der Waals surface area contributed by atoms with Crippen molar-refractivity contribution in [2.24, 2.45) is 11.3 Å². The quantitative estimate of drug-likeness (QED) is 0.748. The summed E-state index contributed by atoms with van der Waals surface area (Å²) < 4.78 is 5.77. The first kappa shape index (κ1) is 16.7. The number of hydrogen-bond donors (Lipinski definition) is 0. The van der Waals surface area contributed by atoms with Crippen LogP contribution in [0.25, 0.3) is 0 Å². The van der Waals surface area contributed by atoms with E-state index in [1.54, 1.807) is 0 Å². The molecule has 1 spiro atoms. The van der Waals surface area contributed by atoms with Crippen molar-refractivity contribution >= 4 is 0 Å². The van der Waals surface area contributed by atoms with Gasteiger partial charge in [-0.1, -0.05) is 6.92 Å². The zero-order valence-corrected chi connectivity index (χ0v) is 14.9. The van der Waals surface area contributed by atoms with E-state index in [1.807, 2.05) is 0 Å². The molecule has 22 heavy (non-hydrogen) atoms. The molecule has 2 saturated heterocycles. The minimum absolute atomic E-state index is 0.583. The maximum atomic E-state index is 5.77. The summed E-state index contributed by atoms with van der Waals surface area (Å²) in [6.45, 7) is 13.3. The fourth-order valence-corrected chi connectivity index (χ4v) is 4.95. The molecule has 0 unspecified atom stereocenters. The molecule has 0 bridgehead atoms. The van der Waals surface area contributed by atoms with Crippen LogP contribution in [0.3, 0.4) is 0 Å². The molecule has 3 rings (SSSR count). The summed E-state index contributed by atoms with van der Waals surface area (Å²) >= 11 is 0. The van der Waals surface area contributed by atoms with E-state index >= 15 is 0 Å². The van der Waals surface area contributed by atoms with Gasteiger partial charge < -0.3 is 14.5 Å². The molecule has 2 aliphatic heterocycles. The van der Waals surface area contributed by atoms with Crippen molar-refractivity contribution in [3.63, 3.8) is 0 Å². The SMILES string of the molecule is CCCN1CCC(CN2CCC3(CC2)CC(OCC)C3)CC1. The smallest absolute Gasteiger partial charge is 0.0585 e. The van der Waals surface area contributed by atoms with Gasteiger partial charge in [0.05, 0.1) is 6.10 Å². The number of ether oxygens (including phenoxy) is 1. The Morgan fingerprint density at radius 2 is 1.64 bits per heavy atom. The molecule has 0 N–H and O–H groups in total. The zero-order valence-electron chi connectivity index (χ0n) is 14.9. The van der Waals surface area contributed by atoms with E-state index in [4.69, 9.17) is 4.74 Å². The second-order valence-electron chi connectivity index (χ2n) is 8.07. The van der Waals surface area contributed by atoms with Crippen molar-refractivity contribution in [2.75, 3.05) is 45.9 Å². The molecule has 0 aromatic carbocycles. The van der Waals surface area contributed by atoms with Gasteiger partial charge in [0.2, 0.25) is 0 Å². The number of likely N-dealkylation sites (tertiary alicyclic amines) is 2. The second-order valence-corrected chi connectivity index (χ2v) is 8.07. The van der Waals surface area contributed by atoms with Gasteiger partial charge in [0.1, 0.15) is 0 Å². The number of hydrogen-bond acceptors (Lipinski definition) is 3. The molecule has 2 heterocycles. The van der Waals surface area contributed by atoms with Gasteiger partial charge in [-0.05, 0) is 95.9 Å². The number of rotatable bonds is 6. The number of nitrogens with zero attached hydrogens (tertiary/aromatic N) is 2. The van der Waals surface area contributed by atoms with Gasteiger partial charge in [0, 0.05) is 13.2 Å². The minimum atomic E-state index is 0.583. The van der Waals surface area contributed by atoms with Crippen molar-refractivity contribution in [2.45, 2.75) is 64.9 Å². The molecule has 0 atom stereocenters. The average molecular weight is 309 g/mol. The lowest BCUT2D eigenvalue weighted by molar-refractivity contribution is -0.102. The van der Waals surface area contributed by atoms with E-state index in [-0.39, 0.29) is 0 Å². The average Bonchev–Trinajstić information content (AvgIpc) is 2.50. The third kappa shape index (κ3) is 4.04. The maximum absolute atomic E-state index is 5.77. The van der Waals surface area contributed by atoms with Crippen LogP contribution in [-0.4, -0.2) is 61.8 Å². The van der Waals surface area contributed by atoms with Crippen LogP contribution in [0.2, 0.25) is 0 Å². The van der Waals surface area contributed by atoms with Gasteiger partial charge in [-0.2, -0.15) is 0 Å². The predicted molar refractivity (Wildman–Crippen MR) is 92.2 cm³/mol. The van der Waals surface area contributed by atoms with E-state index in [2.05, 4.69) is 23.6 Å². The lowest BCUT2D eigenvalue weighted by atomic mass is 9.61. The zero-order chi connectivity index (χ0) is 15.4. The summed E-state index contributed by atoms with van der Waals surface area (Å²) in [4.78, 5) is 5.42. The van der Waals surface area contributed by atoms with Crippen LogP contribution in [0.4, 0.5) is 0 Å². The van der Waals surface area contributed by atoms with Gasteiger partial charge in [-0.3, -0.25) is 0 Å². The number of piperidine rings is 2. The van der Waals surface area contributed by atoms with Gasteiger partial charge in [0.15, 0.2) is 0 Å². The van der Waals surface area contributed by atoms with Crippen molar-refractivity contribution in [1.82, 2.24) is 9.80 Å². The third-order valence-electron chi connectivity index (χ3n) is 6.40. The Kier molecular flexibility index (Phi) is 5.80.